The van der Waals surface area contributed by atoms with E-state index in [1.54, 1.807) is 10.9 Å². The van der Waals surface area contributed by atoms with Crippen LogP contribution in [0.25, 0.3) is 11.3 Å². The van der Waals surface area contributed by atoms with Crippen LogP contribution < -0.4 is 10.1 Å². The number of aromatic nitrogens is 3. The Hall–Kier alpha value is -1.82. The zero-order valence-electron chi connectivity index (χ0n) is 12.3. The summed E-state index contributed by atoms with van der Waals surface area (Å²) >= 11 is 2.23. The van der Waals surface area contributed by atoms with Gasteiger partial charge in [-0.15, -0.1) is 0 Å². The number of aryl methyl sites for hydroxylation is 2. The van der Waals surface area contributed by atoms with Gasteiger partial charge < -0.3 is 10.1 Å². The fourth-order valence-electron chi connectivity index (χ4n) is 2.91. The van der Waals surface area contributed by atoms with Crippen molar-refractivity contribution in [1.82, 2.24) is 14.8 Å². The van der Waals surface area contributed by atoms with Gasteiger partial charge >= 0.3 is 0 Å². The number of anilines is 1. The van der Waals surface area contributed by atoms with Gasteiger partial charge in [0.1, 0.15) is 17.2 Å². The van der Waals surface area contributed by atoms with Crippen molar-refractivity contribution in [2.45, 2.75) is 25.4 Å². The number of nitrogens with one attached hydrogen (secondary N) is 1. The first-order chi connectivity index (χ1) is 10.5. The minimum atomic E-state index is -0.133. The summed E-state index contributed by atoms with van der Waals surface area (Å²) in [4.78, 5) is 4.62. The lowest BCUT2D eigenvalue weighted by Gasteiger charge is -2.28. The molecular weight excluding hydrogens is 393 g/mol. The van der Waals surface area contributed by atoms with Crippen LogP contribution in [0.4, 0.5) is 5.82 Å². The quantitative estimate of drug-likeness (QED) is 0.736. The topological polar surface area (TPSA) is 75.8 Å². The highest BCUT2D eigenvalue weighted by Crippen LogP contribution is 2.48. The van der Waals surface area contributed by atoms with Crippen LogP contribution in [0.2, 0.25) is 0 Å². The van der Waals surface area contributed by atoms with Crippen molar-refractivity contribution < 1.29 is 4.74 Å². The SMILES string of the molecule is Cc1nc2c(c(C#N)c1-c1c(I)cnn1C)OC1(CC1)CN2. The van der Waals surface area contributed by atoms with Crippen LogP contribution in [0.5, 0.6) is 5.75 Å². The maximum absolute atomic E-state index is 9.75. The largest absolute Gasteiger partial charge is 0.480 e. The van der Waals surface area contributed by atoms with Crippen LogP contribution in [0.3, 0.4) is 0 Å². The maximum Gasteiger partial charge on any atom is 0.180 e. The van der Waals surface area contributed by atoms with Crippen LogP contribution in [0.15, 0.2) is 6.20 Å². The van der Waals surface area contributed by atoms with E-state index < -0.39 is 0 Å². The van der Waals surface area contributed by atoms with Gasteiger partial charge in [0.2, 0.25) is 0 Å². The summed E-state index contributed by atoms with van der Waals surface area (Å²) in [7, 11) is 1.87. The highest BCUT2D eigenvalue weighted by molar-refractivity contribution is 14.1. The van der Waals surface area contributed by atoms with Crippen molar-refractivity contribution in [1.29, 1.82) is 5.26 Å². The maximum atomic E-state index is 9.75. The Bertz CT molecular complexity index is 812. The Labute approximate surface area is 141 Å². The molecule has 2 aromatic heterocycles. The van der Waals surface area contributed by atoms with E-state index in [9.17, 15) is 5.26 Å². The molecule has 1 aliphatic carbocycles. The summed E-state index contributed by atoms with van der Waals surface area (Å²) in [6, 6.07) is 2.32. The molecular formula is C15H14IN5O. The minimum absolute atomic E-state index is 0.133. The molecule has 0 atom stereocenters. The van der Waals surface area contributed by atoms with Crippen LogP contribution in [-0.4, -0.2) is 26.9 Å². The Morgan fingerprint density at radius 2 is 2.27 bits per heavy atom. The molecule has 1 fully saturated rings. The minimum Gasteiger partial charge on any atom is -0.480 e. The van der Waals surface area contributed by atoms with Crippen LogP contribution in [0.1, 0.15) is 24.1 Å². The van der Waals surface area contributed by atoms with Gasteiger partial charge in [0.25, 0.3) is 0 Å². The van der Waals surface area contributed by atoms with E-state index in [2.05, 4.69) is 44.1 Å². The Morgan fingerprint density at radius 3 is 2.86 bits per heavy atom. The number of rotatable bonds is 1. The van der Waals surface area contributed by atoms with E-state index in [0.717, 1.165) is 39.9 Å². The Balaban J connectivity index is 1.98. The molecule has 0 amide bonds. The lowest BCUT2D eigenvalue weighted by Crippen LogP contribution is -2.34. The normalized spacial score (nSPS) is 17.4. The first-order valence-corrected chi connectivity index (χ1v) is 8.18. The summed E-state index contributed by atoms with van der Waals surface area (Å²) in [5, 5.41) is 17.4. The highest BCUT2D eigenvalue weighted by atomic mass is 127. The second kappa shape index (κ2) is 4.59. The molecule has 1 aliphatic heterocycles. The second-order valence-electron chi connectivity index (χ2n) is 5.84. The zero-order chi connectivity index (χ0) is 15.5. The van der Waals surface area contributed by atoms with Crippen molar-refractivity contribution in [2.75, 3.05) is 11.9 Å². The average Bonchev–Trinajstić information content (AvgIpc) is 3.17. The molecule has 1 N–H and O–H groups in total. The molecule has 0 radical (unpaired) electrons. The molecule has 1 spiro atoms. The van der Waals surface area contributed by atoms with E-state index in [4.69, 9.17) is 4.74 Å². The molecule has 6 nitrogen and oxygen atoms in total. The number of ether oxygens (including phenoxy) is 1. The van der Waals surface area contributed by atoms with Crippen molar-refractivity contribution in [3.05, 3.63) is 21.0 Å². The van der Waals surface area contributed by atoms with E-state index in [1.807, 2.05) is 14.0 Å². The molecule has 1 saturated carbocycles. The molecule has 2 aromatic rings. The zero-order valence-corrected chi connectivity index (χ0v) is 14.4. The van der Waals surface area contributed by atoms with Gasteiger partial charge in [-0.25, -0.2) is 4.98 Å². The molecule has 0 saturated heterocycles. The van der Waals surface area contributed by atoms with Crippen molar-refractivity contribution in [3.63, 3.8) is 0 Å². The number of halogens is 1. The van der Waals surface area contributed by atoms with Gasteiger partial charge in [0.15, 0.2) is 11.6 Å². The van der Waals surface area contributed by atoms with E-state index in [-0.39, 0.29) is 5.60 Å². The number of hydrogen-bond donors (Lipinski definition) is 1. The third kappa shape index (κ3) is 1.90. The Morgan fingerprint density at radius 1 is 1.50 bits per heavy atom. The summed E-state index contributed by atoms with van der Waals surface area (Å²) in [6.45, 7) is 2.68. The number of fused-ring (bicyclic) bond motifs is 1. The Kier molecular flexibility index (Phi) is 2.88. The predicted molar refractivity (Wildman–Crippen MR) is 89.7 cm³/mol. The van der Waals surface area contributed by atoms with Gasteiger partial charge in [-0.2, -0.15) is 10.4 Å². The fraction of sp³-hybridized carbons (Fsp3) is 0.400. The molecule has 0 unspecified atom stereocenters. The van der Waals surface area contributed by atoms with Crippen LogP contribution >= 0.6 is 22.6 Å². The fourth-order valence-corrected chi connectivity index (χ4v) is 3.65. The van der Waals surface area contributed by atoms with Crippen LogP contribution in [-0.2, 0) is 7.05 Å². The smallest absolute Gasteiger partial charge is 0.180 e. The molecule has 0 aromatic carbocycles. The van der Waals surface area contributed by atoms with Gasteiger partial charge in [0.05, 0.1) is 27.7 Å². The third-order valence-electron chi connectivity index (χ3n) is 4.28. The first kappa shape index (κ1) is 13.8. The molecule has 22 heavy (non-hydrogen) atoms. The highest BCUT2D eigenvalue weighted by Gasteiger charge is 2.49. The van der Waals surface area contributed by atoms with Gasteiger partial charge in [-0.05, 0) is 42.4 Å². The van der Waals surface area contributed by atoms with Crippen molar-refractivity contribution >= 4 is 28.4 Å². The number of hydrogen-bond acceptors (Lipinski definition) is 5. The first-order valence-electron chi connectivity index (χ1n) is 7.10. The third-order valence-corrected chi connectivity index (χ3v) is 5.07. The molecule has 0 bridgehead atoms. The van der Waals surface area contributed by atoms with Crippen LogP contribution in [0, 0.1) is 21.8 Å². The standard InChI is InChI=1S/C15H14IN5O/c1-8-11(12-10(16)6-19-21(12)2)9(5-17)13-14(20-8)18-7-15(22-13)3-4-15/h6H,3-4,7H2,1-2H3,(H,18,20). The molecule has 7 heteroatoms. The molecule has 2 aliphatic rings. The second-order valence-corrected chi connectivity index (χ2v) is 7.00. The number of nitriles is 1. The average molecular weight is 407 g/mol. The predicted octanol–water partition coefficient (Wildman–Crippen LogP) is 2.60. The number of nitrogens with zero attached hydrogens (tertiary/aromatic N) is 4. The molecule has 4 rings (SSSR count). The van der Waals surface area contributed by atoms with Crippen molar-refractivity contribution in [2.24, 2.45) is 7.05 Å². The summed E-state index contributed by atoms with van der Waals surface area (Å²) in [6.07, 6.45) is 3.84. The number of pyridine rings is 1. The van der Waals surface area contributed by atoms with Gasteiger partial charge in [-0.3, -0.25) is 4.68 Å². The van der Waals surface area contributed by atoms with E-state index in [0.29, 0.717) is 17.1 Å². The van der Waals surface area contributed by atoms with Gasteiger partial charge in [0, 0.05) is 12.6 Å². The summed E-state index contributed by atoms with van der Waals surface area (Å²) in [5.41, 5.74) is 2.93. The molecule has 112 valence electrons. The van der Waals surface area contributed by atoms with E-state index >= 15 is 0 Å². The van der Waals surface area contributed by atoms with E-state index in [1.165, 1.54) is 0 Å². The lowest BCUT2D eigenvalue weighted by atomic mass is 10.0. The van der Waals surface area contributed by atoms with Crippen molar-refractivity contribution in [3.8, 4) is 23.1 Å². The molecule has 3 heterocycles. The van der Waals surface area contributed by atoms with Gasteiger partial charge in [-0.1, -0.05) is 0 Å². The summed E-state index contributed by atoms with van der Waals surface area (Å²) < 4.78 is 8.92. The lowest BCUT2D eigenvalue weighted by molar-refractivity contribution is 0.182. The monoisotopic (exact) mass is 407 g/mol. The summed E-state index contributed by atoms with van der Waals surface area (Å²) in [5.74, 6) is 1.26.